The summed E-state index contributed by atoms with van der Waals surface area (Å²) in [7, 11) is 1.66. The van der Waals surface area contributed by atoms with Crippen LogP contribution < -0.4 is 14.2 Å². The van der Waals surface area contributed by atoms with Crippen LogP contribution in [-0.2, 0) is 13.1 Å². The minimum Gasteiger partial charge on any atom is -0.493 e. The molecule has 2 heterocycles. The van der Waals surface area contributed by atoms with Gasteiger partial charge in [-0.15, -0.1) is 0 Å². The number of benzene rings is 2. The molecular formula is C28H36ClN3O4. The van der Waals surface area contributed by atoms with Gasteiger partial charge in [-0.05, 0) is 67.6 Å². The molecule has 36 heavy (non-hydrogen) atoms. The van der Waals surface area contributed by atoms with E-state index >= 15 is 0 Å². The third-order valence-electron chi connectivity index (χ3n) is 6.56. The summed E-state index contributed by atoms with van der Waals surface area (Å²) in [5.74, 6) is 2.11. The standard InChI is InChI=1S/C28H36ClN3O4/c1-21-5-7-24(29)26(15-21)36-20-28(33)9-12-31(13-10-28)19-23-6-8-25(34-3)27(16-23)35-14-4-11-32-18-22(2)17-30-32/h5-8,15-18,33H,4,9-14,19-20H2,1-3H3. The monoisotopic (exact) mass is 513 g/mol. The fourth-order valence-corrected chi connectivity index (χ4v) is 4.57. The summed E-state index contributed by atoms with van der Waals surface area (Å²) in [5, 5.41) is 15.9. The Kier molecular flexibility index (Phi) is 8.77. The first-order chi connectivity index (χ1) is 17.3. The van der Waals surface area contributed by atoms with Crippen LogP contribution in [0.5, 0.6) is 17.2 Å². The third kappa shape index (κ3) is 7.15. The normalized spacial score (nSPS) is 15.6. The van der Waals surface area contributed by atoms with E-state index in [1.54, 1.807) is 7.11 Å². The fourth-order valence-electron chi connectivity index (χ4n) is 4.39. The maximum Gasteiger partial charge on any atom is 0.161 e. The lowest BCUT2D eigenvalue weighted by Gasteiger charge is -2.38. The van der Waals surface area contributed by atoms with Gasteiger partial charge in [0, 0.05) is 38.8 Å². The van der Waals surface area contributed by atoms with Crippen molar-refractivity contribution in [2.24, 2.45) is 0 Å². The lowest BCUT2D eigenvalue weighted by molar-refractivity contribution is -0.0537. The highest BCUT2D eigenvalue weighted by atomic mass is 35.5. The maximum absolute atomic E-state index is 11.1. The van der Waals surface area contributed by atoms with Gasteiger partial charge in [-0.2, -0.15) is 5.10 Å². The van der Waals surface area contributed by atoms with Gasteiger partial charge >= 0.3 is 0 Å². The number of ether oxygens (including phenoxy) is 3. The Morgan fingerprint density at radius 2 is 1.81 bits per heavy atom. The summed E-state index contributed by atoms with van der Waals surface area (Å²) in [6, 6.07) is 11.8. The van der Waals surface area contributed by atoms with E-state index in [9.17, 15) is 5.11 Å². The molecule has 2 aromatic carbocycles. The number of piperidine rings is 1. The summed E-state index contributed by atoms with van der Waals surface area (Å²) in [5.41, 5.74) is 2.53. The van der Waals surface area contributed by atoms with Gasteiger partial charge in [0.05, 0.1) is 24.9 Å². The highest BCUT2D eigenvalue weighted by Gasteiger charge is 2.33. The van der Waals surface area contributed by atoms with Crippen LogP contribution in [0.3, 0.4) is 0 Å². The number of likely N-dealkylation sites (tertiary alicyclic amines) is 1. The zero-order valence-corrected chi connectivity index (χ0v) is 22.1. The molecule has 1 aliphatic heterocycles. The molecule has 0 bridgehead atoms. The molecule has 0 unspecified atom stereocenters. The molecule has 3 aromatic rings. The molecule has 8 heteroatoms. The zero-order chi connectivity index (χ0) is 25.5. The van der Waals surface area contributed by atoms with Gasteiger partial charge in [-0.25, -0.2) is 0 Å². The Morgan fingerprint density at radius 3 is 2.53 bits per heavy atom. The van der Waals surface area contributed by atoms with E-state index in [2.05, 4.69) is 22.1 Å². The minimum absolute atomic E-state index is 0.239. The molecule has 0 aliphatic carbocycles. The molecule has 1 aromatic heterocycles. The van der Waals surface area contributed by atoms with Crippen molar-refractivity contribution in [2.75, 3.05) is 33.4 Å². The second kappa shape index (κ2) is 12.0. The third-order valence-corrected chi connectivity index (χ3v) is 6.87. The number of aliphatic hydroxyl groups is 1. The lowest BCUT2D eigenvalue weighted by Crippen LogP contribution is -2.47. The minimum atomic E-state index is -0.856. The van der Waals surface area contributed by atoms with Gasteiger partial charge in [0.1, 0.15) is 18.0 Å². The van der Waals surface area contributed by atoms with E-state index in [0.717, 1.165) is 60.8 Å². The van der Waals surface area contributed by atoms with Crippen molar-refractivity contribution in [3.8, 4) is 17.2 Å². The van der Waals surface area contributed by atoms with E-state index in [0.29, 0.717) is 30.2 Å². The first kappa shape index (κ1) is 26.3. The number of aryl methyl sites for hydroxylation is 3. The number of hydrogen-bond acceptors (Lipinski definition) is 6. The number of methoxy groups -OCH3 is 1. The maximum atomic E-state index is 11.1. The zero-order valence-electron chi connectivity index (χ0n) is 21.4. The first-order valence-corrected chi connectivity index (χ1v) is 12.8. The summed E-state index contributed by atoms with van der Waals surface area (Å²) in [6.07, 6.45) is 6.03. The number of aromatic nitrogens is 2. The van der Waals surface area contributed by atoms with Gasteiger partial charge in [0.2, 0.25) is 0 Å². The smallest absolute Gasteiger partial charge is 0.161 e. The van der Waals surface area contributed by atoms with Crippen molar-refractivity contribution in [3.05, 3.63) is 70.5 Å². The second-order valence-electron chi connectivity index (χ2n) is 9.69. The van der Waals surface area contributed by atoms with Crippen LogP contribution in [-0.4, -0.2) is 58.8 Å². The largest absolute Gasteiger partial charge is 0.493 e. The first-order valence-electron chi connectivity index (χ1n) is 12.5. The molecule has 0 amide bonds. The Labute approximate surface area is 218 Å². The van der Waals surface area contributed by atoms with Crippen molar-refractivity contribution >= 4 is 11.6 Å². The highest BCUT2D eigenvalue weighted by Crippen LogP contribution is 2.31. The number of hydrogen-bond donors (Lipinski definition) is 1. The quantitative estimate of drug-likeness (QED) is 0.362. The summed E-state index contributed by atoms with van der Waals surface area (Å²) >= 11 is 6.24. The van der Waals surface area contributed by atoms with Gasteiger partial charge in [-0.1, -0.05) is 23.7 Å². The summed E-state index contributed by atoms with van der Waals surface area (Å²) < 4.78 is 19.4. The molecule has 0 radical (unpaired) electrons. The van der Waals surface area contributed by atoms with E-state index < -0.39 is 5.60 Å². The van der Waals surface area contributed by atoms with Crippen LogP contribution >= 0.6 is 11.6 Å². The number of halogens is 1. The van der Waals surface area contributed by atoms with Crippen molar-refractivity contribution in [2.45, 2.75) is 51.8 Å². The van der Waals surface area contributed by atoms with Gasteiger partial charge in [0.25, 0.3) is 0 Å². The topological polar surface area (TPSA) is 69.0 Å². The van der Waals surface area contributed by atoms with E-state index in [1.807, 2.05) is 55.2 Å². The van der Waals surface area contributed by atoms with Crippen molar-refractivity contribution in [3.63, 3.8) is 0 Å². The average molecular weight is 514 g/mol. The fraction of sp³-hybridized carbons (Fsp3) is 0.464. The molecular weight excluding hydrogens is 478 g/mol. The predicted molar refractivity (Wildman–Crippen MR) is 141 cm³/mol. The van der Waals surface area contributed by atoms with Crippen LogP contribution in [0.4, 0.5) is 0 Å². The molecule has 1 N–H and O–H groups in total. The molecule has 0 spiro atoms. The molecule has 7 nitrogen and oxygen atoms in total. The molecule has 1 saturated heterocycles. The number of nitrogens with zero attached hydrogens (tertiary/aromatic N) is 3. The van der Waals surface area contributed by atoms with E-state index in [4.69, 9.17) is 25.8 Å². The lowest BCUT2D eigenvalue weighted by atomic mass is 9.92. The van der Waals surface area contributed by atoms with Crippen molar-refractivity contribution in [1.29, 1.82) is 0 Å². The summed E-state index contributed by atoms with van der Waals surface area (Å²) in [4.78, 5) is 2.35. The van der Waals surface area contributed by atoms with Crippen LogP contribution in [0.25, 0.3) is 0 Å². The SMILES string of the molecule is COc1ccc(CN2CCC(O)(COc3cc(C)ccc3Cl)CC2)cc1OCCCn1cc(C)cn1. The summed E-state index contributed by atoms with van der Waals surface area (Å²) in [6.45, 7) is 8.02. The predicted octanol–water partition coefficient (Wildman–Crippen LogP) is 5.04. The molecule has 0 atom stereocenters. The van der Waals surface area contributed by atoms with Crippen molar-refractivity contribution in [1.82, 2.24) is 14.7 Å². The second-order valence-corrected chi connectivity index (χ2v) is 10.1. The molecule has 4 rings (SSSR count). The van der Waals surface area contributed by atoms with Crippen LogP contribution in [0, 0.1) is 13.8 Å². The van der Waals surface area contributed by atoms with Gasteiger partial charge < -0.3 is 19.3 Å². The Hall–Kier alpha value is -2.74. The Morgan fingerprint density at radius 1 is 1.00 bits per heavy atom. The molecule has 0 saturated carbocycles. The van der Waals surface area contributed by atoms with Crippen molar-refractivity contribution < 1.29 is 19.3 Å². The average Bonchev–Trinajstić information content (AvgIpc) is 3.29. The van der Waals surface area contributed by atoms with Crippen LogP contribution in [0.1, 0.15) is 36.0 Å². The Balaban J connectivity index is 1.26. The number of rotatable bonds is 11. The molecule has 194 valence electrons. The molecule has 1 aliphatic rings. The van der Waals surface area contributed by atoms with E-state index in [-0.39, 0.29) is 6.61 Å². The van der Waals surface area contributed by atoms with Crippen LogP contribution in [0.15, 0.2) is 48.8 Å². The molecule has 1 fully saturated rings. The van der Waals surface area contributed by atoms with Gasteiger partial charge in [0.15, 0.2) is 11.5 Å². The Bertz CT molecular complexity index is 1140. The van der Waals surface area contributed by atoms with Crippen LogP contribution in [0.2, 0.25) is 5.02 Å². The highest BCUT2D eigenvalue weighted by molar-refractivity contribution is 6.32. The van der Waals surface area contributed by atoms with E-state index in [1.165, 1.54) is 0 Å². The van der Waals surface area contributed by atoms with Gasteiger partial charge in [-0.3, -0.25) is 9.58 Å².